The van der Waals surface area contributed by atoms with Crippen LogP contribution in [0.2, 0.25) is 0 Å². The highest BCUT2D eigenvalue weighted by Crippen LogP contribution is 2.24. The number of aliphatic imine (C=N–C) groups is 1. The molecule has 1 aromatic rings. The number of ether oxygens (including phenoxy) is 1. The topological polar surface area (TPSA) is 69.2 Å². The van der Waals surface area contributed by atoms with Crippen molar-refractivity contribution in [1.29, 1.82) is 0 Å². The van der Waals surface area contributed by atoms with Crippen LogP contribution in [0.3, 0.4) is 0 Å². The van der Waals surface area contributed by atoms with E-state index >= 15 is 0 Å². The molecule has 2 rings (SSSR count). The van der Waals surface area contributed by atoms with E-state index in [9.17, 15) is 13.6 Å². The number of likely N-dealkylation sites (N-methyl/N-ethyl adjacent to an activating group) is 1. The van der Waals surface area contributed by atoms with Gasteiger partial charge in [-0.05, 0) is 46.0 Å². The van der Waals surface area contributed by atoms with Gasteiger partial charge >= 0.3 is 6.09 Å². The van der Waals surface area contributed by atoms with Crippen LogP contribution < -0.4 is 10.6 Å². The molecule has 0 aliphatic carbocycles. The molecule has 1 amide bonds. The predicted octanol–water partition coefficient (Wildman–Crippen LogP) is 2.97. The average Bonchev–Trinajstić information content (AvgIpc) is 2.69. The number of hydrogen-bond donors (Lipinski definition) is 2. The van der Waals surface area contributed by atoms with Crippen molar-refractivity contribution in [3.05, 3.63) is 35.4 Å². The highest BCUT2D eigenvalue weighted by molar-refractivity contribution is 14.0. The van der Waals surface area contributed by atoms with Gasteiger partial charge in [0.2, 0.25) is 0 Å². The summed E-state index contributed by atoms with van der Waals surface area (Å²) < 4.78 is 33.3. The van der Waals surface area contributed by atoms with Crippen LogP contribution in [-0.4, -0.2) is 75.3 Å². The highest BCUT2D eigenvalue weighted by Gasteiger charge is 2.25. The maximum absolute atomic E-state index is 14.2. The Bertz CT molecular complexity index is 692. The van der Waals surface area contributed by atoms with Gasteiger partial charge in [0, 0.05) is 31.2 Å². The number of benzene rings is 1. The fourth-order valence-corrected chi connectivity index (χ4v) is 3.37. The zero-order chi connectivity index (χ0) is 21.4. The van der Waals surface area contributed by atoms with Crippen molar-refractivity contribution in [2.45, 2.75) is 31.8 Å². The number of guanidine groups is 1. The highest BCUT2D eigenvalue weighted by atomic mass is 127. The molecule has 30 heavy (non-hydrogen) atoms. The lowest BCUT2D eigenvalue weighted by Crippen LogP contribution is -2.50. The van der Waals surface area contributed by atoms with Gasteiger partial charge in [0.05, 0.1) is 19.7 Å². The SMILES string of the molecule is CCNC(=NCC(c1c(F)cccc1F)N(C)C)NC1CCN(C(=O)OC)CC1.I. The van der Waals surface area contributed by atoms with E-state index in [0.29, 0.717) is 25.6 Å². The molecule has 1 heterocycles. The summed E-state index contributed by atoms with van der Waals surface area (Å²) in [4.78, 5) is 19.6. The molecule has 0 saturated carbocycles. The quantitative estimate of drug-likeness (QED) is 0.331. The summed E-state index contributed by atoms with van der Waals surface area (Å²) in [6, 6.07) is 3.50. The van der Waals surface area contributed by atoms with E-state index in [1.807, 2.05) is 6.92 Å². The number of halogens is 3. The number of hydrogen-bond acceptors (Lipinski definition) is 4. The molecular weight excluding hydrogens is 507 g/mol. The molecule has 0 radical (unpaired) electrons. The van der Waals surface area contributed by atoms with Crippen LogP contribution in [0.1, 0.15) is 31.4 Å². The van der Waals surface area contributed by atoms with E-state index in [-0.39, 0.29) is 48.2 Å². The molecule has 1 aliphatic rings. The smallest absolute Gasteiger partial charge is 0.409 e. The molecule has 1 saturated heterocycles. The molecule has 0 spiro atoms. The molecule has 1 atom stereocenters. The van der Waals surface area contributed by atoms with Crippen molar-refractivity contribution in [3.8, 4) is 0 Å². The fraction of sp³-hybridized carbons (Fsp3) is 0.600. The number of nitrogens with one attached hydrogen (secondary N) is 2. The summed E-state index contributed by atoms with van der Waals surface area (Å²) in [7, 11) is 4.92. The van der Waals surface area contributed by atoms with Crippen LogP contribution >= 0.6 is 24.0 Å². The fourth-order valence-electron chi connectivity index (χ4n) is 3.37. The minimum Gasteiger partial charge on any atom is -0.453 e. The first-order valence-electron chi connectivity index (χ1n) is 9.85. The van der Waals surface area contributed by atoms with Crippen LogP contribution in [0.25, 0.3) is 0 Å². The van der Waals surface area contributed by atoms with Crippen LogP contribution in [-0.2, 0) is 4.74 Å². The molecule has 1 fully saturated rings. The van der Waals surface area contributed by atoms with Crippen molar-refractivity contribution in [1.82, 2.24) is 20.4 Å². The third kappa shape index (κ3) is 7.22. The maximum atomic E-state index is 14.2. The van der Waals surface area contributed by atoms with Crippen LogP contribution in [0.4, 0.5) is 13.6 Å². The third-order valence-corrected chi connectivity index (χ3v) is 4.99. The normalized spacial score (nSPS) is 16.1. The van der Waals surface area contributed by atoms with Crippen molar-refractivity contribution in [2.75, 3.05) is 47.4 Å². The molecule has 2 N–H and O–H groups in total. The first kappa shape index (κ1) is 26.3. The first-order valence-corrected chi connectivity index (χ1v) is 9.85. The number of rotatable bonds is 6. The number of carbonyl (C=O) groups is 1. The minimum atomic E-state index is -0.577. The average molecular weight is 539 g/mol. The second kappa shape index (κ2) is 12.9. The lowest BCUT2D eigenvalue weighted by atomic mass is 10.0. The van der Waals surface area contributed by atoms with Crippen LogP contribution in [0.5, 0.6) is 0 Å². The van der Waals surface area contributed by atoms with E-state index in [1.165, 1.54) is 25.3 Å². The minimum absolute atomic E-state index is 0. The van der Waals surface area contributed by atoms with Crippen LogP contribution in [0, 0.1) is 11.6 Å². The Morgan fingerprint density at radius 2 is 1.90 bits per heavy atom. The Labute approximate surface area is 194 Å². The van der Waals surface area contributed by atoms with Crippen molar-refractivity contribution in [2.24, 2.45) is 4.99 Å². The molecule has 1 unspecified atom stereocenters. The maximum Gasteiger partial charge on any atom is 0.409 e. The van der Waals surface area contributed by atoms with E-state index in [0.717, 1.165) is 12.8 Å². The predicted molar refractivity (Wildman–Crippen MR) is 124 cm³/mol. The van der Waals surface area contributed by atoms with Crippen LogP contribution in [0.15, 0.2) is 23.2 Å². The van der Waals surface area contributed by atoms with Gasteiger partial charge in [-0.2, -0.15) is 0 Å². The molecule has 170 valence electrons. The Balaban J connectivity index is 0.00000450. The molecule has 0 bridgehead atoms. The number of carbonyl (C=O) groups excluding carboxylic acids is 1. The zero-order valence-corrected chi connectivity index (χ0v) is 20.3. The van der Waals surface area contributed by atoms with Crippen molar-refractivity contribution < 1.29 is 18.3 Å². The largest absolute Gasteiger partial charge is 0.453 e. The van der Waals surface area contributed by atoms with Gasteiger partial charge in [0.15, 0.2) is 5.96 Å². The van der Waals surface area contributed by atoms with Crippen molar-refractivity contribution >= 4 is 36.0 Å². The molecule has 1 aliphatic heterocycles. The van der Waals surface area contributed by atoms with Gasteiger partial charge in [0.25, 0.3) is 0 Å². The van der Waals surface area contributed by atoms with E-state index in [2.05, 4.69) is 15.6 Å². The monoisotopic (exact) mass is 539 g/mol. The van der Waals surface area contributed by atoms with E-state index in [4.69, 9.17) is 4.74 Å². The Hall–Kier alpha value is -1.69. The second-order valence-electron chi connectivity index (χ2n) is 7.21. The molecule has 0 aromatic heterocycles. The standard InChI is InChI=1S/C20H31F2N5O2.HI/c1-5-23-19(25-14-9-11-27(12-10-14)20(28)29-4)24-13-17(26(2)3)18-15(21)7-6-8-16(18)22;/h6-8,14,17H,5,9-13H2,1-4H3,(H2,23,24,25);1H. The van der Waals surface area contributed by atoms with Crippen molar-refractivity contribution in [3.63, 3.8) is 0 Å². The molecule has 7 nitrogen and oxygen atoms in total. The summed E-state index contributed by atoms with van der Waals surface area (Å²) in [5, 5.41) is 6.54. The van der Waals surface area contributed by atoms with Gasteiger partial charge in [0.1, 0.15) is 11.6 Å². The second-order valence-corrected chi connectivity index (χ2v) is 7.21. The van der Waals surface area contributed by atoms with Gasteiger partial charge in [-0.1, -0.05) is 6.07 Å². The van der Waals surface area contributed by atoms with Gasteiger partial charge in [-0.25, -0.2) is 13.6 Å². The van der Waals surface area contributed by atoms with E-state index < -0.39 is 17.7 Å². The molecule has 1 aromatic carbocycles. The Morgan fingerprint density at radius 3 is 2.40 bits per heavy atom. The Morgan fingerprint density at radius 1 is 1.30 bits per heavy atom. The molecule has 10 heteroatoms. The number of amides is 1. The summed E-state index contributed by atoms with van der Waals surface area (Å²) >= 11 is 0. The summed E-state index contributed by atoms with van der Waals surface area (Å²) in [6.07, 6.45) is 1.21. The number of methoxy groups -OCH3 is 1. The Kier molecular flexibility index (Phi) is 11.3. The number of piperidine rings is 1. The van der Waals surface area contributed by atoms with Gasteiger partial charge in [-0.3, -0.25) is 4.99 Å². The summed E-state index contributed by atoms with van der Waals surface area (Å²) in [5.74, 6) is -0.563. The molecular formula is C20H32F2IN5O2. The first-order chi connectivity index (χ1) is 13.9. The number of nitrogens with zero attached hydrogens (tertiary/aromatic N) is 3. The lowest BCUT2D eigenvalue weighted by molar-refractivity contribution is 0.111. The zero-order valence-electron chi connectivity index (χ0n) is 18.0. The lowest BCUT2D eigenvalue weighted by Gasteiger charge is -2.32. The van der Waals surface area contributed by atoms with Gasteiger partial charge < -0.3 is 25.2 Å². The number of likely N-dealkylation sites (tertiary alicyclic amines) is 1. The summed E-state index contributed by atoms with van der Waals surface area (Å²) in [6.45, 7) is 4.01. The van der Waals surface area contributed by atoms with E-state index in [1.54, 1.807) is 23.9 Å². The third-order valence-electron chi connectivity index (χ3n) is 4.99. The summed E-state index contributed by atoms with van der Waals surface area (Å²) in [5.41, 5.74) is 0.0171. The van der Waals surface area contributed by atoms with Gasteiger partial charge in [-0.15, -0.1) is 24.0 Å².